The van der Waals surface area contributed by atoms with E-state index in [1.54, 1.807) is 14.0 Å². The van der Waals surface area contributed by atoms with Crippen LogP contribution < -0.4 is 4.74 Å². The maximum absolute atomic E-state index is 12.1. The maximum atomic E-state index is 12.1. The first-order valence-electron chi connectivity index (χ1n) is 9.59. The zero-order valence-corrected chi connectivity index (χ0v) is 18.5. The van der Waals surface area contributed by atoms with Crippen molar-refractivity contribution in [1.29, 1.82) is 0 Å². The quantitative estimate of drug-likeness (QED) is 0.534. The predicted octanol–water partition coefficient (Wildman–Crippen LogP) is 5.99. The third-order valence-electron chi connectivity index (χ3n) is 4.88. The van der Waals surface area contributed by atoms with Crippen molar-refractivity contribution >= 4 is 40.2 Å². The molecule has 154 valence electrons. The smallest absolute Gasteiger partial charge is 0.312 e. The summed E-state index contributed by atoms with van der Waals surface area (Å²) in [6, 6.07) is 15.3. The molecule has 30 heavy (non-hydrogen) atoms. The molecule has 0 N–H and O–H groups in total. The number of hydrogen-bond donors (Lipinski definition) is 0. The molecule has 0 saturated carbocycles. The van der Waals surface area contributed by atoms with Gasteiger partial charge in [-0.25, -0.2) is 4.99 Å². The molecule has 5 nitrogen and oxygen atoms in total. The Morgan fingerprint density at radius 1 is 1.17 bits per heavy atom. The molecule has 0 amide bonds. The van der Waals surface area contributed by atoms with E-state index in [2.05, 4.69) is 6.08 Å². The molecule has 1 atom stereocenters. The second-order valence-electron chi connectivity index (χ2n) is 6.83. The van der Waals surface area contributed by atoms with Crippen molar-refractivity contribution in [1.82, 2.24) is 4.90 Å². The Bertz CT molecular complexity index is 1060. The highest BCUT2D eigenvalue weighted by Crippen LogP contribution is 2.45. The minimum Gasteiger partial charge on any atom is -0.497 e. The van der Waals surface area contributed by atoms with Gasteiger partial charge >= 0.3 is 5.97 Å². The van der Waals surface area contributed by atoms with Crippen LogP contribution in [0.5, 0.6) is 5.75 Å². The van der Waals surface area contributed by atoms with Crippen molar-refractivity contribution in [2.24, 2.45) is 4.99 Å². The molecule has 7 heteroatoms. The lowest BCUT2D eigenvalue weighted by molar-refractivity contribution is -0.141. The summed E-state index contributed by atoms with van der Waals surface area (Å²) in [4.78, 5) is 19.8. The zero-order valence-electron chi connectivity index (χ0n) is 16.9. The fourth-order valence-corrected chi connectivity index (χ4v) is 4.37. The molecule has 0 radical (unpaired) electrons. The Morgan fingerprint density at radius 3 is 2.50 bits per heavy atom. The monoisotopic (exact) mass is 440 g/mol. The molecule has 2 heterocycles. The van der Waals surface area contributed by atoms with Gasteiger partial charge in [-0.1, -0.05) is 54.6 Å². The average Bonchev–Trinajstić information content (AvgIpc) is 3.08. The molecule has 2 aromatic rings. The number of methoxy groups -OCH3 is 1. The highest BCUT2D eigenvalue weighted by atomic mass is 35.5. The number of amidine groups is 1. The van der Waals surface area contributed by atoms with Crippen molar-refractivity contribution < 1.29 is 14.3 Å². The molecule has 2 aliphatic rings. The number of allylic oxidation sites excluding steroid dienone is 1. The third-order valence-corrected chi connectivity index (χ3v) is 6.08. The van der Waals surface area contributed by atoms with Crippen LogP contribution in [-0.2, 0) is 9.53 Å². The fraction of sp³-hybridized carbons (Fsp3) is 0.217. The van der Waals surface area contributed by atoms with Gasteiger partial charge in [-0.05, 0) is 42.8 Å². The Morgan fingerprint density at radius 2 is 1.87 bits per heavy atom. The van der Waals surface area contributed by atoms with Crippen LogP contribution in [0.25, 0.3) is 5.70 Å². The van der Waals surface area contributed by atoms with Gasteiger partial charge in [-0.15, -0.1) is 0 Å². The number of rotatable bonds is 5. The molecule has 1 unspecified atom stereocenters. The van der Waals surface area contributed by atoms with E-state index in [0.717, 1.165) is 32.6 Å². The second kappa shape index (κ2) is 8.58. The minimum absolute atomic E-state index is 0.182. The largest absolute Gasteiger partial charge is 0.497 e. The van der Waals surface area contributed by atoms with Crippen LogP contribution in [0.3, 0.4) is 0 Å². The van der Waals surface area contributed by atoms with E-state index in [1.807, 2.05) is 60.4 Å². The number of nitrogens with zero attached hydrogens (tertiary/aromatic N) is 2. The summed E-state index contributed by atoms with van der Waals surface area (Å²) in [6.07, 6.45) is 2.38. The second-order valence-corrected chi connectivity index (χ2v) is 8.45. The first-order valence-corrected chi connectivity index (χ1v) is 10.8. The van der Waals surface area contributed by atoms with Crippen LogP contribution in [0.15, 0.2) is 70.4 Å². The summed E-state index contributed by atoms with van der Waals surface area (Å²) in [7, 11) is 1.64. The van der Waals surface area contributed by atoms with Crippen LogP contribution in [0, 0.1) is 0 Å². The molecule has 0 spiro atoms. The lowest BCUT2D eigenvalue weighted by Gasteiger charge is -2.32. The zero-order chi connectivity index (χ0) is 21.3. The van der Waals surface area contributed by atoms with Crippen molar-refractivity contribution in [3.63, 3.8) is 0 Å². The van der Waals surface area contributed by atoms with Gasteiger partial charge in [-0.3, -0.25) is 9.69 Å². The summed E-state index contributed by atoms with van der Waals surface area (Å²) in [5, 5.41) is 1.46. The number of carbonyl (C=O) groups is 1. The van der Waals surface area contributed by atoms with Crippen molar-refractivity contribution in [2.45, 2.75) is 26.3 Å². The number of carbonyl (C=O) groups excluding carboxylic acids is 1. The number of halogens is 1. The van der Waals surface area contributed by atoms with Gasteiger partial charge in [-0.2, -0.15) is 0 Å². The molecule has 0 aliphatic carbocycles. The number of benzene rings is 2. The van der Waals surface area contributed by atoms with Gasteiger partial charge < -0.3 is 9.47 Å². The summed E-state index contributed by atoms with van der Waals surface area (Å²) >= 11 is 7.56. The lowest BCUT2D eigenvalue weighted by Crippen LogP contribution is -2.32. The predicted molar refractivity (Wildman–Crippen MR) is 121 cm³/mol. The van der Waals surface area contributed by atoms with Crippen molar-refractivity contribution in [2.75, 3.05) is 7.11 Å². The highest BCUT2D eigenvalue weighted by molar-refractivity contribution is 8.17. The first-order chi connectivity index (χ1) is 14.5. The Balaban J connectivity index is 1.78. The van der Waals surface area contributed by atoms with E-state index in [1.165, 1.54) is 11.8 Å². The van der Waals surface area contributed by atoms with Crippen LogP contribution in [0.4, 0.5) is 0 Å². The summed E-state index contributed by atoms with van der Waals surface area (Å²) in [6.45, 7) is 3.72. The van der Waals surface area contributed by atoms with Gasteiger partial charge in [0.25, 0.3) is 0 Å². The van der Waals surface area contributed by atoms with E-state index in [-0.39, 0.29) is 12.0 Å². The van der Waals surface area contributed by atoms with Gasteiger partial charge in [0, 0.05) is 17.0 Å². The molecule has 0 aromatic heterocycles. The average molecular weight is 441 g/mol. The van der Waals surface area contributed by atoms with Crippen LogP contribution >= 0.6 is 23.4 Å². The number of aliphatic imine (C=N–C) groups is 1. The van der Waals surface area contributed by atoms with Crippen LogP contribution in [-0.4, -0.2) is 23.1 Å². The minimum atomic E-state index is -0.271. The lowest BCUT2D eigenvalue weighted by atomic mass is 10.0. The first kappa shape index (κ1) is 20.6. The van der Waals surface area contributed by atoms with E-state index in [0.29, 0.717) is 17.3 Å². The number of ether oxygens (including phenoxy) is 2. The molecular weight excluding hydrogens is 420 g/mol. The highest BCUT2D eigenvalue weighted by Gasteiger charge is 2.38. The number of esters is 1. The standard InChI is InChI=1S/C23H21ClN2O3S/c1-4-21(27)29-22-14(2)30-23-25-19(15-5-9-17(24)10-6-15)13-20(26(22)23)16-7-11-18(28-3)12-8-16/h5-13,20H,4H2,1-3H3. The van der Waals surface area contributed by atoms with Gasteiger partial charge in [0.2, 0.25) is 5.88 Å². The number of fused-ring (bicyclic) bond motifs is 1. The van der Waals surface area contributed by atoms with Crippen molar-refractivity contribution in [3.8, 4) is 5.75 Å². The van der Waals surface area contributed by atoms with E-state index >= 15 is 0 Å². The number of hydrogen-bond acceptors (Lipinski definition) is 6. The molecule has 0 saturated heterocycles. The van der Waals surface area contributed by atoms with E-state index in [9.17, 15) is 4.79 Å². The molecule has 0 bridgehead atoms. The summed E-state index contributed by atoms with van der Waals surface area (Å²) < 4.78 is 11.0. The van der Waals surface area contributed by atoms with Gasteiger partial charge in [0.05, 0.1) is 23.8 Å². The van der Waals surface area contributed by atoms with E-state index < -0.39 is 0 Å². The summed E-state index contributed by atoms with van der Waals surface area (Å²) in [5.74, 6) is 1.05. The molecule has 2 aromatic carbocycles. The van der Waals surface area contributed by atoms with Gasteiger partial charge in [0.15, 0.2) is 5.17 Å². The Labute approximate surface area is 185 Å². The molecule has 0 fully saturated rings. The summed E-state index contributed by atoms with van der Waals surface area (Å²) in [5.41, 5.74) is 2.86. The number of thioether (sulfide) groups is 1. The van der Waals surface area contributed by atoms with Crippen LogP contribution in [0.2, 0.25) is 5.02 Å². The molecule has 4 rings (SSSR count). The van der Waals surface area contributed by atoms with Crippen LogP contribution in [0.1, 0.15) is 37.4 Å². The third kappa shape index (κ3) is 3.98. The van der Waals surface area contributed by atoms with Gasteiger partial charge in [0.1, 0.15) is 5.75 Å². The maximum Gasteiger partial charge on any atom is 0.312 e. The topological polar surface area (TPSA) is 51.1 Å². The Kier molecular flexibility index (Phi) is 5.88. The fourth-order valence-electron chi connectivity index (χ4n) is 3.30. The molecular formula is C23H21ClN2O3S. The Hall–Kier alpha value is -2.70. The SMILES string of the molecule is CCC(=O)OC1=C(C)SC2=NC(c3ccc(Cl)cc3)=CC(c3ccc(OC)cc3)N21. The normalized spacial score (nSPS) is 18.0. The van der Waals surface area contributed by atoms with E-state index in [4.69, 9.17) is 26.1 Å². The molecule has 2 aliphatic heterocycles. The van der Waals surface area contributed by atoms with Crippen molar-refractivity contribution in [3.05, 3.63) is 81.5 Å².